The van der Waals surface area contributed by atoms with Crippen LogP contribution in [0.1, 0.15) is 37.0 Å². The summed E-state index contributed by atoms with van der Waals surface area (Å²) in [4.78, 5) is 11.9. The van der Waals surface area contributed by atoms with Gasteiger partial charge in [-0.25, -0.2) is 0 Å². The Labute approximate surface area is 95.5 Å². The van der Waals surface area contributed by atoms with Gasteiger partial charge in [-0.05, 0) is 19.8 Å². The standard InChI is InChI=1S/C11H19N3O2/c1-4-11(2,5-6-15)13-10(16)9-7-12-14(3)8-9/h7-8,15H,4-6H2,1-3H3,(H,13,16). The van der Waals surface area contributed by atoms with Crippen LogP contribution in [-0.2, 0) is 7.05 Å². The number of hydrogen-bond donors (Lipinski definition) is 2. The third-order valence-electron chi connectivity index (χ3n) is 2.83. The van der Waals surface area contributed by atoms with E-state index in [0.29, 0.717) is 12.0 Å². The maximum absolute atomic E-state index is 11.9. The number of aryl methyl sites for hydroxylation is 1. The van der Waals surface area contributed by atoms with Crippen LogP contribution < -0.4 is 5.32 Å². The SMILES string of the molecule is CCC(C)(CCO)NC(=O)c1cnn(C)c1. The lowest BCUT2D eigenvalue weighted by Gasteiger charge is -2.28. The van der Waals surface area contributed by atoms with Crippen molar-refractivity contribution >= 4 is 5.91 Å². The zero-order chi connectivity index (χ0) is 12.2. The molecule has 0 fully saturated rings. The molecule has 2 N–H and O–H groups in total. The van der Waals surface area contributed by atoms with Gasteiger partial charge in [0.2, 0.25) is 0 Å². The Kier molecular flexibility index (Phi) is 4.06. The quantitative estimate of drug-likeness (QED) is 0.775. The minimum Gasteiger partial charge on any atom is -0.396 e. The molecule has 1 heterocycles. The monoisotopic (exact) mass is 225 g/mol. The molecule has 1 aromatic heterocycles. The molecule has 1 unspecified atom stereocenters. The van der Waals surface area contributed by atoms with E-state index in [4.69, 9.17) is 5.11 Å². The maximum Gasteiger partial charge on any atom is 0.254 e. The molecule has 90 valence electrons. The third-order valence-corrected chi connectivity index (χ3v) is 2.83. The first kappa shape index (κ1) is 12.7. The molecule has 5 nitrogen and oxygen atoms in total. The van der Waals surface area contributed by atoms with Crippen LogP contribution in [0, 0.1) is 0 Å². The van der Waals surface area contributed by atoms with E-state index in [0.717, 1.165) is 6.42 Å². The van der Waals surface area contributed by atoms with Gasteiger partial charge in [0.15, 0.2) is 0 Å². The average Bonchev–Trinajstić information content (AvgIpc) is 2.65. The summed E-state index contributed by atoms with van der Waals surface area (Å²) >= 11 is 0. The van der Waals surface area contributed by atoms with Gasteiger partial charge in [-0.2, -0.15) is 5.10 Å². The number of nitrogens with one attached hydrogen (secondary N) is 1. The van der Waals surface area contributed by atoms with E-state index in [9.17, 15) is 4.79 Å². The molecule has 0 spiro atoms. The van der Waals surface area contributed by atoms with Gasteiger partial charge in [0.1, 0.15) is 0 Å². The van der Waals surface area contributed by atoms with E-state index >= 15 is 0 Å². The number of carbonyl (C=O) groups excluding carboxylic acids is 1. The van der Waals surface area contributed by atoms with E-state index < -0.39 is 0 Å². The highest BCUT2D eigenvalue weighted by atomic mass is 16.3. The third kappa shape index (κ3) is 3.06. The van der Waals surface area contributed by atoms with Crippen LogP contribution in [0.25, 0.3) is 0 Å². The molecular weight excluding hydrogens is 206 g/mol. The van der Waals surface area contributed by atoms with Crippen LogP contribution in [-0.4, -0.2) is 32.9 Å². The molecule has 1 amide bonds. The first-order valence-corrected chi connectivity index (χ1v) is 5.43. The van der Waals surface area contributed by atoms with E-state index in [2.05, 4.69) is 10.4 Å². The van der Waals surface area contributed by atoms with Crippen molar-refractivity contribution in [3.8, 4) is 0 Å². The Morgan fingerprint density at radius 1 is 1.69 bits per heavy atom. The van der Waals surface area contributed by atoms with E-state index in [1.165, 1.54) is 6.20 Å². The van der Waals surface area contributed by atoms with Crippen molar-refractivity contribution in [2.45, 2.75) is 32.2 Å². The highest BCUT2D eigenvalue weighted by Gasteiger charge is 2.24. The van der Waals surface area contributed by atoms with Crippen molar-refractivity contribution in [3.05, 3.63) is 18.0 Å². The number of rotatable bonds is 5. The zero-order valence-electron chi connectivity index (χ0n) is 10.0. The smallest absolute Gasteiger partial charge is 0.254 e. The lowest BCUT2D eigenvalue weighted by molar-refractivity contribution is 0.0886. The van der Waals surface area contributed by atoms with Gasteiger partial charge >= 0.3 is 0 Å². The van der Waals surface area contributed by atoms with Gasteiger partial charge in [-0.3, -0.25) is 9.48 Å². The molecule has 5 heteroatoms. The van der Waals surface area contributed by atoms with Crippen LogP contribution in [0.4, 0.5) is 0 Å². The number of aliphatic hydroxyl groups excluding tert-OH is 1. The number of aromatic nitrogens is 2. The lowest BCUT2D eigenvalue weighted by Crippen LogP contribution is -2.46. The van der Waals surface area contributed by atoms with Crippen LogP contribution in [0.3, 0.4) is 0 Å². The molecular formula is C11H19N3O2. The van der Waals surface area contributed by atoms with Gasteiger partial charge in [0.25, 0.3) is 5.91 Å². The highest BCUT2D eigenvalue weighted by Crippen LogP contribution is 2.14. The minimum absolute atomic E-state index is 0.0671. The Hall–Kier alpha value is -1.36. The van der Waals surface area contributed by atoms with Crippen molar-refractivity contribution in [2.24, 2.45) is 7.05 Å². The summed E-state index contributed by atoms with van der Waals surface area (Å²) in [6.45, 7) is 3.98. The number of nitrogens with zero attached hydrogens (tertiary/aromatic N) is 2. The molecule has 0 aromatic carbocycles. The molecule has 0 radical (unpaired) electrons. The topological polar surface area (TPSA) is 67.2 Å². The van der Waals surface area contributed by atoms with E-state index in [1.807, 2.05) is 13.8 Å². The van der Waals surface area contributed by atoms with Crippen LogP contribution >= 0.6 is 0 Å². The summed E-state index contributed by atoms with van der Waals surface area (Å²) in [5.74, 6) is -0.147. The van der Waals surface area contributed by atoms with Gasteiger partial charge < -0.3 is 10.4 Å². The van der Waals surface area contributed by atoms with E-state index in [1.54, 1.807) is 17.9 Å². The Morgan fingerprint density at radius 3 is 2.81 bits per heavy atom. The predicted molar refractivity (Wildman–Crippen MR) is 61.1 cm³/mol. The first-order valence-electron chi connectivity index (χ1n) is 5.43. The molecule has 0 aliphatic carbocycles. The number of amides is 1. The molecule has 0 bridgehead atoms. The van der Waals surface area contributed by atoms with Crippen molar-refractivity contribution < 1.29 is 9.90 Å². The fourth-order valence-corrected chi connectivity index (χ4v) is 1.46. The summed E-state index contributed by atoms with van der Waals surface area (Å²) in [6.07, 6.45) is 4.53. The molecule has 1 aromatic rings. The first-order chi connectivity index (χ1) is 7.50. The molecule has 1 atom stereocenters. The molecule has 0 saturated carbocycles. The summed E-state index contributed by atoms with van der Waals surface area (Å²) in [6, 6.07) is 0. The molecule has 1 rings (SSSR count). The molecule has 16 heavy (non-hydrogen) atoms. The zero-order valence-corrected chi connectivity index (χ0v) is 10.0. The second kappa shape index (κ2) is 5.12. The minimum atomic E-state index is -0.359. The Bertz CT molecular complexity index is 362. The van der Waals surface area contributed by atoms with Crippen molar-refractivity contribution in [2.75, 3.05) is 6.61 Å². The Balaban J connectivity index is 2.69. The van der Waals surface area contributed by atoms with Crippen molar-refractivity contribution in [1.82, 2.24) is 15.1 Å². The number of aliphatic hydroxyl groups is 1. The van der Waals surface area contributed by atoms with Crippen LogP contribution in [0.5, 0.6) is 0 Å². The fraction of sp³-hybridized carbons (Fsp3) is 0.636. The average molecular weight is 225 g/mol. The van der Waals surface area contributed by atoms with Crippen molar-refractivity contribution in [3.63, 3.8) is 0 Å². The Morgan fingerprint density at radius 2 is 2.38 bits per heavy atom. The lowest BCUT2D eigenvalue weighted by atomic mass is 9.94. The second-order valence-corrected chi connectivity index (χ2v) is 4.24. The summed E-state index contributed by atoms with van der Waals surface area (Å²) in [5, 5.41) is 15.8. The van der Waals surface area contributed by atoms with Gasteiger partial charge in [0, 0.05) is 25.4 Å². The highest BCUT2D eigenvalue weighted by molar-refractivity contribution is 5.94. The largest absolute Gasteiger partial charge is 0.396 e. The number of carbonyl (C=O) groups is 1. The molecule has 0 aliphatic rings. The van der Waals surface area contributed by atoms with Gasteiger partial charge in [0.05, 0.1) is 11.8 Å². The van der Waals surface area contributed by atoms with E-state index in [-0.39, 0.29) is 18.1 Å². The predicted octanol–water partition coefficient (Wildman–Crippen LogP) is 0.701. The molecule has 0 aliphatic heterocycles. The summed E-state index contributed by atoms with van der Waals surface area (Å²) in [5.41, 5.74) is 0.182. The second-order valence-electron chi connectivity index (χ2n) is 4.24. The number of hydrogen-bond acceptors (Lipinski definition) is 3. The normalized spacial score (nSPS) is 14.5. The fourth-order valence-electron chi connectivity index (χ4n) is 1.46. The summed E-state index contributed by atoms with van der Waals surface area (Å²) < 4.78 is 1.59. The van der Waals surface area contributed by atoms with Crippen LogP contribution in [0.2, 0.25) is 0 Å². The van der Waals surface area contributed by atoms with Crippen LogP contribution in [0.15, 0.2) is 12.4 Å². The van der Waals surface area contributed by atoms with Gasteiger partial charge in [-0.1, -0.05) is 6.92 Å². The molecule has 0 saturated heterocycles. The summed E-state index contributed by atoms with van der Waals surface area (Å²) in [7, 11) is 1.77. The maximum atomic E-state index is 11.9. The van der Waals surface area contributed by atoms with Crippen molar-refractivity contribution in [1.29, 1.82) is 0 Å². The van der Waals surface area contributed by atoms with Gasteiger partial charge in [-0.15, -0.1) is 0 Å².